The molecule has 0 aliphatic rings. The highest BCUT2D eigenvalue weighted by molar-refractivity contribution is 8.07. The highest BCUT2D eigenvalue weighted by atomic mass is 35.5. The van der Waals surface area contributed by atoms with Crippen LogP contribution in [0.1, 0.15) is 16.7 Å². The van der Waals surface area contributed by atoms with Crippen molar-refractivity contribution in [3.05, 3.63) is 94.3 Å². The first-order chi connectivity index (χ1) is 18.3. The maximum atomic E-state index is 14.0. The molecule has 3 rings (SSSR count). The van der Waals surface area contributed by atoms with Crippen LogP contribution in [0, 0.1) is 12.7 Å². The van der Waals surface area contributed by atoms with Crippen LogP contribution >= 0.6 is 11.6 Å². The van der Waals surface area contributed by atoms with Crippen LogP contribution in [0.5, 0.6) is 0 Å². The number of benzene rings is 3. The standard InChI is InChI=1S/C21H18ClFO2S.B13/c1-15-6-12-19(13-7-15)26(24,25)21-5-3-2-4-17(21)9-8-16-10-11-18(22)14-20(16)23;1-8-12(9(2)3)13(10(4)5)11(6)7/h2-7,10-14H,8-9H2,1H3;. The Kier molecular flexibility index (Phi) is 13.6. The Labute approximate surface area is 250 Å². The second kappa shape index (κ2) is 15.6. The van der Waals surface area contributed by atoms with Crippen molar-refractivity contribution in [2.75, 3.05) is 0 Å². The van der Waals surface area contributed by atoms with Crippen LogP contribution in [0.25, 0.3) is 0 Å². The molecule has 2 nitrogen and oxygen atoms in total. The Morgan fingerprint density at radius 2 is 1.38 bits per heavy atom. The molecule has 0 unspecified atom stereocenters. The molecule has 15 radical (unpaired) electrons. The van der Waals surface area contributed by atoms with Crippen molar-refractivity contribution in [1.82, 2.24) is 0 Å². The van der Waals surface area contributed by atoms with Gasteiger partial charge in [0.05, 0.1) is 9.79 Å². The first kappa shape index (κ1) is 33.9. The third-order valence-corrected chi connectivity index (χ3v) is 8.38. The minimum Gasteiger partial charge on any atom is -0.219 e. The third-order valence-electron chi connectivity index (χ3n) is 6.27. The minimum atomic E-state index is -3.62. The Hall–Kier alpha value is -1.33. The largest absolute Gasteiger partial charge is 0.219 e. The number of hydrogen-bond acceptors (Lipinski definition) is 2. The summed E-state index contributed by atoms with van der Waals surface area (Å²) in [7, 11) is 35.9. The number of hydrogen-bond donors (Lipinski definition) is 0. The molecule has 0 bridgehead atoms. The predicted molar refractivity (Wildman–Crippen MR) is 177 cm³/mol. The fraction of sp³-hybridized carbons (Fsp3) is 0.143. The van der Waals surface area contributed by atoms with Gasteiger partial charge in [-0.2, -0.15) is 0 Å². The molecule has 0 fully saturated rings. The van der Waals surface area contributed by atoms with Gasteiger partial charge in [0.15, 0.2) is 0 Å². The summed E-state index contributed by atoms with van der Waals surface area (Å²) >= 11 is 5.78. The summed E-state index contributed by atoms with van der Waals surface area (Å²) in [5.74, 6) is -0.378. The molecule has 0 heterocycles. The van der Waals surface area contributed by atoms with Gasteiger partial charge in [-0.25, -0.2) is 12.8 Å². The van der Waals surface area contributed by atoms with Crippen LogP contribution in [0.4, 0.5) is 4.39 Å². The van der Waals surface area contributed by atoms with Crippen molar-refractivity contribution in [3.8, 4) is 0 Å². The van der Waals surface area contributed by atoms with Crippen molar-refractivity contribution in [3.63, 3.8) is 0 Å². The molecule has 0 amide bonds. The maximum Gasteiger partial charge on any atom is 0.206 e. The summed E-state index contributed by atoms with van der Waals surface area (Å²) in [5.41, 5.74) is 2.18. The van der Waals surface area contributed by atoms with Gasteiger partial charge in [-0.1, -0.05) is 53.6 Å². The fourth-order valence-corrected chi connectivity index (χ4v) is 5.77. The van der Waals surface area contributed by atoms with Gasteiger partial charge in [0, 0.05) is 98.2 Å². The summed E-state index contributed by atoms with van der Waals surface area (Å²) in [6.45, 7) is 1.91. The van der Waals surface area contributed by atoms with Crippen LogP contribution in [-0.2, 0) is 22.7 Å². The minimum absolute atomic E-state index is 0.258. The lowest BCUT2D eigenvalue weighted by molar-refractivity contribution is 0.594. The number of sulfone groups is 1. The van der Waals surface area contributed by atoms with E-state index in [1.807, 2.05) is 6.92 Å². The van der Waals surface area contributed by atoms with Crippen molar-refractivity contribution in [2.45, 2.75) is 29.6 Å². The van der Waals surface area contributed by atoms with Gasteiger partial charge >= 0.3 is 0 Å². The second-order valence-corrected chi connectivity index (χ2v) is 11.6. The van der Waals surface area contributed by atoms with Gasteiger partial charge in [-0.05, 0) is 61.2 Å². The SMILES string of the molecule is Cc1ccc(S(=O)(=O)c2ccccc2CCc2ccc(Cl)cc2F)cc1.[B][B]B(B([B])[B])B(B([B])[B])B([B])[B]. The Bertz CT molecular complexity index is 1310. The Balaban J connectivity index is 0.000000349. The van der Waals surface area contributed by atoms with E-state index in [2.05, 4.69) is 0 Å². The molecule has 3 aromatic rings. The molecule has 18 heteroatoms. The van der Waals surface area contributed by atoms with Crippen LogP contribution < -0.4 is 0 Å². The van der Waals surface area contributed by atoms with E-state index in [1.54, 1.807) is 60.7 Å². The quantitative estimate of drug-likeness (QED) is 0.358. The smallest absolute Gasteiger partial charge is 0.206 e. The molecule has 0 saturated carbocycles. The third kappa shape index (κ3) is 9.63. The van der Waals surface area contributed by atoms with Gasteiger partial charge in [0.25, 0.3) is 0 Å². The number of rotatable bonds is 10. The lowest BCUT2D eigenvalue weighted by Gasteiger charge is -2.31. The van der Waals surface area contributed by atoms with E-state index >= 15 is 0 Å². The Morgan fingerprint density at radius 1 is 0.821 bits per heavy atom. The van der Waals surface area contributed by atoms with Crippen LogP contribution in [-0.4, -0.2) is 102 Å². The van der Waals surface area contributed by atoms with Crippen LogP contribution in [0.3, 0.4) is 0 Å². The zero-order valence-electron chi connectivity index (χ0n) is 21.8. The van der Waals surface area contributed by atoms with E-state index in [4.69, 9.17) is 65.8 Å². The number of aryl methyl sites for hydroxylation is 3. The topological polar surface area (TPSA) is 34.1 Å². The van der Waals surface area contributed by atoms with E-state index < -0.39 is 35.4 Å². The van der Waals surface area contributed by atoms with Gasteiger partial charge in [0.2, 0.25) is 9.84 Å². The zero-order chi connectivity index (χ0) is 29.3. The van der Waals surface area contributed by atoms with Crippen LogP contribution in [0.2, 0.25) is 5.02 Å². The van der Waals surface area contributed by atoms with E-state index in [-0.39, 0.29) is 22.0 Å². The Morgan fingerprint density at radius 3 is 1.87 bits per heavy atom. The summed E-state index contributed by atoms with van der Waals surface area (Å²) < 4.78 is 40.0. The average Bonchev–Trinajstić information content (AvgIpc) is 2.86. The maximum absolute atomic E-state index is 14.0. The normalized spacial score (nSPS) is 10.5. The molecule has 39 heavy (non-hydrogen) atoms. The first-order valence-corrected chi connectivity index (χ1v) is 14.1. The van der Waals surface area contributed by atoms with Crippen LogP contribution in [0.15, 0.2) is 76.5 Å². The summed E-state index contributed by atoms with van der Waals surface area (Å²) in [6.07, 6.45) is -2.06. The molecule has 0 atom stereocenters. The zero-order valence-corrected chi connectivity index (χ0v) is 23.3. The molecule has 0 spiro atoms. The molecule has 0 saturated heterocycles. The molecule has 0 aliphatic carbocycles. The van der Waals surface area contributed by atoms with Crippen molar-refractivity contribution in [2.24, 2.45) is 0 Å². The highest BCUT2D eigenvalue weighted by Crippen LogP contribution is 2.26. The molecule has 0 aliphatic heterocycles. The molecule has 0 N–H and O–H groups in total. The van der Waals surface area contributed by atoms with Crippen molar-refractivity contribution in [1.29, 1.82) is 0 Å². The average molecular weight is 529 g/mol. The molecule has 173 valence electrons. The van der Waals surface area contributed by atoms with Crippen molar-refractivity contribution < 1.29 is 12.8 Å². The van der Waals surface area contributed by atoms with Gasteiger partial charge in [0.1, 0.15) is 5.82 Å². The van der Waals surface area contributed by atoms with Crippen molar-refractivity contribution >= 4 is 115 Å². The fourth-order valence-electron chi connectivity index (χ4n) is 4.09. The van der Waals surface area contributed by atoms with E-state index in [1.165, 1.54) is 13.1 Å². The monoisotopic (exact) mass is 531 g/mol. The van der Waals surface area contributed by atoms with Gasteiger partial charge in [-0.15, -0.1) is 0 Å². The summed E-state index contributed by atoms with van der Waals surface area (Å²) in [5, 5.41) is 0.341. The molecular weight excluding hydrogens is 511 g/mol. The molecule has 0 aromatic heterocycles. The van der Waals surface area contributed by atoms with E-state index in [0.717, 1.165) is 5.56 Å². The van der Waals surface area contributed by atoms with Gasteiger partial charge < -0.3 is 0 Å². The lowest BCUT2D eigenvalue weighted by Crippen LogP contribution is -2.69. The number of halogens is 2. The van der Waals surface area contributed by atoms with Gasteiger partial charge in [-0.3, -0.25) is 0 Å². The predicted octanol–water partition coefficient (Wildman–Crippen LogP) is 0.455. The molecular formula is C21H18B13ClFO2S. The second-order valence-electron chi connectivity index (χ2n) is 9.24. The van der Waals surface area contributed by atoms with E-state index in [0.29, 0.717) is 29.0 Å². The lowest BCUT2D eigenvalue weighted by atomic mass is 8.50. The summed E-state index contributed by atoms with van der Waals surface area (Å²) in [4.78, 5) is 0.520. The summed E-state index contributed by atoms with van der Waals surface area (Å²) in [6, 6.07) is 18.2. The first-order valence-electron chi connectivity index (χ1n) is 12.2. The highest BCUT2D eigenvalue weighted by Gasteiger charge is 2.32. The molecule has 3 aromatic carbocycles. The van der Waals surface area contributed by atoms with E-state index in [9.17, 15) is 12.8 Å².